The van der Waals surface area contributed by atoms with Crippen molar-refractivity contribution < 1.29 is 23.5 Å². The lowest BCUT2D eigenvalue weighted by Gasteiger charge is -2.35. The zero-order chi connectivity index (χ0) is 34.9. The summed E-state index contributed by atoms with van der Waals surface area (Å²) in [4.78, 5) is 25.5. The number of ether oxygens (including phenoxy) is 2. The molecule has 0 saturated carbocycles. The van der Waals surface area contributed by atoms with Crippen molar-refractivity contribution in [3.63, 3.8) is 0 Å². The molecule has 0 aliphatic rings. The fourth-order valence-electron chi connectivity index (χ4n) is 6.21. The molecule has 276 valence electrons. The topological polar surface area (TPSA) is 52.6 Å². The van der Waals surface area contributed by atoms with Crippen molar-refractivity contribution in [2.45, 2.75) is 206 Å². The third-order valence-corrected chi connectivity index (χ3v) is 8.71. The fourth-order valence-corrected chi connectivity index (χ4v) is 6.21. The molecular formula is C42H80NO4+. The number of nitrogens with zero attached hydrogens (tertiary/aromatic N) is 1. The number of likely N-dealkylation sites (N-methyl/N-ethyl adjacent to an activating group) is 1. The Morgan fingerprint density at radius 1 is 0.468 bits per heavy atom. The second-order valence-corrected chi connectivity index (χ2v) is 15.2. The quantitative estimate of drug-likeness (QED) is 0.0226. The second kappa shape index (κ2) is 31.6. The van der Waals surface area contributed by atoms with Gasteiger partial charge >= 0.3 is 17.7 Å². The second-order valence-electron chi connectivity index (χ2n) is 15.2. The standard InChI is InChI=1S/C42H80NO4/c1-7-9-11-13-15-17-19-21-23-25-27-29-31-33-35-37-40(44)46-42(3,39-43(4,5)6)47-41(45)38-36-34-32-30-28-26-24-22-20-18-16-14-12-10-8-2/h21-24H,7-20,25-39H2,1-6H3/q+1/b23-21-,24-22-. The van der Waals surface area contributed by atoms with Crippen LogP contribution in [-0.2, 0) is 19.1 Å². The molecule has 0 aliphatic carbocycles. The summed E-state index contributed by atoms with van der Waals surface area (Å²) in [5, 5.41) is 0. The summed E-state index contributed by atoms with van der Waals surface area (Å²) in [5.74, 6) is -1.78. The highest BCUT2D eigenvalue weighted by molar-refractivity contribution is 5.72. The first-order valence-corrected chi connectivity index (χ1v) is 20.2. The molecule has 0 aromatic heterocycles. The molecule has 0 saturated heterocycles. The average Bonchev–Trinajstić information content (AvgIpc) is 2.99. The van der Waals surface area contributed by atoms with Crippen LogP contribution in [-0.4, -0.2) is 49.9 Å². The third-order valence-electron chi connectivity index (χ3n) is 8.71. The molecule has 5 nitrogen and oxygen atoms in total. The van der Waals surface area contributed by atoms with Crippen LogP contribution in [0.15, 0.2) is 24.3 Å². The van der Waals surface area contributed by atoms with Crippen LogP contribution < -0.4 is 0 Å². The summed E-state index contributed by atoms with van der Waals surface area (Å²) in [5.41, 5.74) is 0. The van der Waals surface area contributed by atoms with E-state index in [0.717, 1.165) is 51.4 Å². The van der Waals surface area contributed by atoms with Crippen molar-refractivity contribution >= 4 is 11.9 Å². The molecule has 0 radical (unpaired) electrons. The molecule has 0 amide bonds. The smallest absolute Gasteiger partial charge is 0.309 e. The van der Waals surface area contributed by atoms with Crippen molar-refractivity contribution in [3.05, 3.63) is 24.3 Å². The Bertz CT molecular complexity index is 728. The molecule has 0 fully saturated rings. The van der Waals surface area contributed by atoms with Crippen LogP contribution in [0, 0.1) is 0 Å². The number of esters is 2. The van der Waals surface area contributed by atoms with E-state index in [9.17, 15) is 9.59 Å². The van der Waals surface area contributed by atoms with Gasteiger partial charge in [-0.05, 0) is 64.2 Å². The Balaban J connectivity index is 4.06. The number of rotatable bonds is 34. The van der Waals surface area contributed by atoms with Gasteiger partial charge in [-0.2, -0.15) is 0 Å². The number of allylic oxidation sites excluding steroid dienone is 4. The van der Waals surface area contributed by atoms with Gasteiger partial charge in [0.15, 0.2) is 6.54 Å². The summed E-state index contributed by atoms with van der Waals surface area (Å²) in [6.45, 7) is 6.69. The number of quaternary nitrogens is 1. The molecule has 0 atom stereocenters. The molecule has 0 N–H and O–H groups in total. The van der Waals surface area contributed by atoms with Crippen LogP contribution in [0.5, 0.6) is 0 Å². The molecule has 47 heavy (non-hydrogen) atoms. The van der Waals surface area contributed by atoms with E-state index in [1.54, 1.807) is 6.92 Å². The zero-order valence-corrected chi connectivity index (χ0v) is 32.4. The largest absolute Gasteiger partial charge is 0.417 e. The van der Waals surface area contributed by atoms with Crippen LogP contribution >= 0.6 is 0 Å². The highest BCUT2D eigenvalue weighted by atomic mass is 16.7. The summed E-state index contributed by atoms with van der Waals surface area (Å²) < 4.78 is 12.2. The SMILES string of the molecule is CCCCCCCC/C=C\CCCCCCCC(=O)OC(C)(C[N+](C)(C)C)OC(=O)CCCCCCC/C=C\CCCCCCCC. The molecule has 0 rings (SSSR count). The van der Waals surface area contributed by atoms with Gasteiger partial charge in [-0.3, -0.25) is 9.59 Å². The predicted molar refractivity (Wildman–Crippen MR) is 202 cm³/mol. The summed E-state index contributed by atoms with van der Waals surface area (Å²) in [6, 6.07) is 0. The van der Waals surface area contributed by atoms with Gasteiger partial charge in [-0.15, -0.1) is 0 Å². The van der Waals surface area contributed by atoms with E-state index < -0.39 is 5.79 Å². The molecule has 0 aromatic rings. The van der Waals surface area contributed by atoms with Gasteiger partial charge in [0.05, 0.1) is 21.1 Å². The Hall–Kier alpha value is -1.62. The lowest BCUT2D eigenvalue weighted by Crippen LogP contribution is -2.52. The first-order chi connectivity index (χ1) is 22.6. The van der Waals surface area contributed by atoms with E-state index in [2.05, 4.69) is 38.2 Å². The predicted octanol–water partition coefficient (Wildman–Crippen LogP) is 12.6. The number of carbonyl (C=O) groups excluding carboxylic acids is 2. The Labute approximate surface area is 293 Å². The number of unbranched alkanes of at least 4 members (excludes halogenated alkanes) is 22. The molecular weight excluding hydrogens is 582 g/mol. The van der Waals surface area contributed by atoms with Gasteiger partial charge in [0.2, 0.25) is 0 Å². The van der Waals surface area contributed by atoms with Gasteiger partial charge < -0.3 is 14.0 Å². The van der Waals surface area contributed by atoms with E-state index in [-0.39, 0.29) is 11.9 Å². The third kappa shape index (κ3) is 34.1. The average molecular weight is 663 g/mol. The van der Waals surface area contributed by atoms with Crippen LogP contribution in [0.4, 0.5) is 0 Å². The molecule has 0 bridgehead atoms. The van der Waals surface area contributed by atoms with Gasteiger partial charge in [0.1, 0.15) is 0 Å². The first-order valence-electron chi connectivity index (χ1n) is 20.2. The van der Waals surface area contributed by atoms with Gasteiger partial charge in [0, 0.05) is 19.8 Å². The van der Waals surface area contributed by atoms with E-state index in [1.807, 2.05) is 21.1 Å². The van der Waals surface area contributed by atoms with E-state index in [0.29, 0.717) is 23.9 Å². The van der Waals surface area contributed by atoms with Crippen LogP contribution in [0.3, 0.4) is 0 Å². The monoisotopic (exact) mass is 663 g/mol. The molecule has 0 heterocycles. The fraction of sp³-hybridized carbons (Fsp3) is 0.857. The van der Waals surface area contributed by atoms with Crippen molar-refractivity contribution in [2.24, 2.45) is 0 Å². The minimum Gasteiger partial charge on any atom is -0.417 e. The van der Waals surface area contributed by atoms with Gasteiger partial charge in [0.25, 0.3) is 0 Å². The van der Waals surface area contributed by atoms with Crippen LogP contribution in [0.25, 0.3) is 0 Å². The van der Waals surface area contributed by atoms with Crippen molar-refractivity contribution in [1.29, 1.82) is 0 Å². The maximum atomic E-state index is 12.7. The van der Waals surface area contributed by atoms with Gasteiger partial charge in [-0.1, -0.05) is 141 Å². The Morgan fingerprint density at radius 2 is 0.745 bits per heavy atom. The molecule has 0 unspecified atom stereocenters. The number of hydrogen-bond acceptors (Lipinski definition) is 4. The lowest BCUT2D eigenvalue weighted by molar-refractivity contribution is -0.879. The highest BCUT2D eigenvalue weighted by Crippen LogP contribution is 2.21. The van der Waals surface area contributed by atoms with Crippen LogP contribution in [0.2, 0.25) is 0 Å². The molecule has 5 heteroatoms. The Kier molecular flexibility index (Phi) is 30.5. The zero-order valence-electron chi connectivity index (χ0n) is 32.4. The van der Waals surface area contributed by atoms with Gasteiger partial charge in [-0.25, -0.2) is 0 Å². The van der Waals surface area contributed by atoms with E-state index in [4.69, 9.17) is 9.47 Å². The van der Waals surface area contributed by atoms with Crippen molar-refractivity contribution in [2.75, 3.05) is 27.7 Å². The Morgan fingerprint density at radius 3 is 1.04 bits per heavy atom. The molecule has 0 spiro atoms. The van der Waals surface area contributed by atoms with E-state index in [1.165, 1.54) is 116 Å². The highest BCUT2D eigenvalue weighted by Gasteiger charge is 2.38. The molecule has 0 aliphatic heterocycles. The van der Waals surface area contributed by atoms with E-state index >= 15 is 0 Å². The summed E-state index contributed by atoms with van der Waals surface area (Å²) in [7, 11) is 6.06. The summed E-state index contributed by atoms with van der Waals surface area (Å²) >= 11 is 0. The first kappa shape index (κ1) is 45.4. The number of carbonyl (C=O) groups is 2. The van der Waals surface area contributed by atoms with Crippen molar-refractivity contribution in [3.8, 4) is 0 Å². The maximum absolute atomic E-state index is 12.7. The minimum atomic E-state index is -1.24. The normalized spacial score (nSPS) is 12.4. The number of hydrogen-bond donors (Lipinski definition) is 0. The molecule has 0 aromatic carbocycles. The minimum absolute atomic E-state index is 0.271. The maximum Gasteiger partial charge on any atom is 0.309 e. The van der Waals surface area contributed by atoms with Crippen molar-refractivity contribution in [1.82, 2.24) is 0 Å². The summed E-state index contributed by atoms with van der Waals surface area (Å²) in [6.07, 6.45) is 42.0. The van der Waals surface area contributed by atoms with Crippen LogP contribution in [0.1, 0.15) is 201 Å². The lowest BCUT2D eigenvalue weighted by atomic mass is 10.1.